The fourth-order valence-corrected chi connectivity index (χ4v) is 5.34. The van der Waals surface area contributed by atoms with Gasteiger partial charge in [-0.3, -0.25) is 14.6 Å². The zero-order valence-corrected chi connectivity index (χ0v) is 21.6. The standard InChI is InChI=1S/C29H26BrN3O3/c1-17-26(29(35)33-22-4-3-13-31-16-22)27(19-5-9-21(30)10-6-19)28-24(32-17)14-20(15-25(28)34)18-7-11-23(36-2)12-8-18/h3-13,16,20,27,32H,14-15H2,1-2H3,(H,33,35). The number of aromatic nitrogens is 1. The van der Waals surface area contributed by atoms with Gasteiger partial charge in [0, 0.05) is 45.5 Å². The molecule has 0 saturated carbocycles. The highest BCUT2D eigenvalue weighted by Gasteiger charge is 2.40. The van der Waals surface area contributed by atoms with Gasteiger partial charge in [-0.1, -0.05) is 40.2 Å². The molecule has 1 aromatic heterocycles. The van der Waals surface area contributed by atoms with Crippen LogP contribution < -0.4 is 15.4 Å². The number of ether oxygens (including phenoxy) is 1. The van der Waals surface area contributed by atoms with Crippen molar-refractivity contribution in [2.75, 3.05) is 12.4 Å². The molecule has 2 heterocycles. The Balaban J connectivity index is 1.54. The fraction of sp³-hybridized carbons (Fsp3) is 0.207. The first-order valence-electron chi connectivity index (χ1n) is 11.8. The summed E-state index contributed by atoms with van der Waals surface area (Å²) < 4.78 is 6.22. The number of nitrogens with one attached hydrogen (secondary N) is 2. The highest BCUT2D eigenvalue weighted by atomic mass is 79.9. The smallest absolute Gasteiger partial charge is 0.254 e. The van der Waals surface area contributed by atoms with Crippen LogP contribution in [0.15, 0.2) is 100 Å². The van der Waals surface area contributed by atoms with E-state index in [4.69, 9.17) is 4.74 Å². The molecule has 0 fully saturated rings. The van der Waals surface area contributed by atoms with Gasteiger partial charge >= 0.3 is 0 Å². The van der Waals surface area contributed by atoms with E-state index in [-0.39, 0.29) is 17.6 Å². The normalized spacial score (nSPS) is 19.5. The van der Waals surface area contributed by atoms with Crippen molar-refractivity contribution in [1.82, 2.24) is 10.3 Å². The number of amides is 1. The van der Waals surface area contributed by atoms with E-state index in [1.807, 2.05) is 55.5 Å². The summed E-state index contributed by atoms with van der Waals surface area (Å²) in [6.45, 7) is 1.90. The summed E-state index contributed by atoms with van der Waals surface area (Å²) in [5.41, 5.74) is 5.44. The minimum atomic E-state index is -0.463. The molecule has 182 valence electrons. The van der Waals surface area contributed by atoms with Crippen LogP contribution in [0.25, 0.3) is 0 Å². The molecule has 1 aliphatic carbocycles. The van der Waals surface area contributed by atoms with Crippen LogP contribution in [0.4, 0.5) is 5.69 Å². The number of dihydropyridines is 1. The lowest BCUT2D eigenvalue weighted by atomic mass is 9.71. The number of rotatable bonds is 5. The van der Waals surface area contributed by atoms with Crippen molar-refractivity contribution in [1.29, 1.82) is 0 Å². The van der Waals surface area contributed by atoms with Crippen LogP contribution in [-0.2, 0) is 9.59 Å². The quantitative estimate of drug-likeness (QED) is 0.421. The summed E-state index contributed by atoms with van der Waals surface area (Å²) in [5, 5.41) is 6.38. The second kappa shape index (κ2) is 10.1. The van der Waals surface area contributed by atoms with Crippen LogP contribution in [0.1, 0.15) is 42.7 Å². The maximum Gasteiger partial charge on any atom is 0.254 e. The van der Waals surface area contributed by atoms with Crippen molar-refractivity contribution in [2.45, 2.75) is 31.6 Å². The van der Waals surface area contributed by atoms with Gasteiger partial charge < -0.3 is 15.4 Å². The maximum absolute atomic E-state index is 13.7. The Kier molecular flexibility index (Phi) is 6.74. The maximum atomic E-state index is 13.7. The number of pyridine rings is 1. The number of hydrogen-bond donors (Lipinski definition) is 2. The molecule has 0 bridgehead atoms. The Morgan fingerprint density at radius 3 is 2.44 bits per heavy atom. The molecule has 2 atom stereocenters. The number of carbonyl (C=O) groups excluding carboxylic acids is 2. The Bertz CT molecular complexity index is 1360. The second-order valence-corrected chi connectivity index (χ2v) is 9.95. The highest BCUT2D eigenvalue weighted by molar-refractivity contribution is 9.10. The van der Waals surface area contributed by atoms with Crippen LogP contribution in [0.3, 0.4) is 0 Å². The average molecular weight is 544 g/mol. The number of anilines is 1. The molecule has 2 N–H and O–H groups in total. The number of allylic oxidation sites excluding steroid dienone is 3. The van der Waals surface area contributed by atoms with Crippen molar-refractivity contribution in [2.24, 2.45) is 0 Å². The van der Waals surface area contributed by atoms with E-state index < -0.39 is 5.92 Å². The van der Waals surface area contributed by atoms with Gasteiger partial charge in [0.05, 0.1) is 19.0 Å². The number of hydrogen-bond acceptors (Lipinski definition) is 5. The van der Waals surface area contributed by atoms with E-state index in [0.29, 0.717) is 29.7 Å². The van der Waals surface area contributed by atoms with Crippen molar-refractivity contribution in [3.63, 3.8) is 0 Å². The third-order valence-corrected chi connectivity index (χ3v) is 7.31. The number of halogens is 1. The second-order valence-electron chi connectivity index (χ2n) is 9.04. The summed E-state index contributed by atoms with van der Waals surface area (Å²) in [4.78, 5) is 31.4. The predicted molar refractivity (Wildman–Crippen MR) is 143 cm³/mol. The molecule has 36 heavy (non-hydrogen) atoms. The van der Waals surface area contributed by atoms with Crippen molar-refractivity contribution < 1.29 is 14.3 Å². The molecule has 1 aliphatic heterocycles. The topological polar surface area (TPSA) is 80.3 Å². The highest BCUT2D eigenvalue weighted by Crippen LogP contribution is 2.46. The number of nitrogens with zero attached hydrogens (tertiary/aromatic N) is 1. The summed E-state index contributed by atoms with van der Waals surface area (Å²) in [6.07, 6.45) is 4.34. The molecule has 6 nitrogen and oxygen atoms in total. The Morgan fingerprint density at radius 1 is 1.06 bits per heavy atom. The number of ketones is 1. The lowest BCUT2D eigenvalue weighted by Gasteiger charge is -2.37. The summed E-state index contributed by atoms with van der Waals surface area (Å²) >= 11 is 3.50. The molecule has 1 amide bonds. The van der Waals surface area contributed by atoms with Crippen molar-refractivity contribution in [3.8, 4) is 5.75 Å². The summed E-state index contributed by atoms with van der Waals surface area (Å²) in [5.74, 6) is 0.179. The average Bonchev–Trinajstić information content (AvgIpc) is 2.89. The van der Waals surface area contributed by atoms with Gasteiger partial charge in [0.1, 0.15) is 5.75 Å². The molecule has 0 saturated heterocycles. The predicted octanol–water partition coefficient (Wildman–Crippen LogP) is 5.85. The van der Waals surface area contributed by atoms with Gasteiger partial charge in [0.15, 0.2) is 5.78 Å². The Hall–Kier alpha value is -3.71. The third-order valence-electron chi connectivity index (χ3n) is 6.78. The molecule has 5 rings (SSSR count). The molecule has 0 spiro atoms. The number of carbonyl (C=O) groups is 2. The van der Waals surface area contributed by atoms with E-state index >= 15 is 0 Å². The molecule has 3 aromatic rings. The molecule has 2 aliphatic rings. The van der Waals surface area contributed by atoms with Gasteiger partial charge in [0.2, 0.25) is 0 Å². The molecule has 2 unspecified atom stereocenters. The first-order valence-corrected chi connectivity index (χ1v) is 12.6. The zero-order valence-electron chi connectivity index (χ0n) is 20.0. The lowest BCUT2D eigenvalue weighted by Crippen LogP contribution is -2.37. The van der Waals surface area contributed by atoms with Crippen LogP contribution in [0.5, 0.6) is 5.75 Å². The molecular formula is C29H26BrN3O3. The van der Waals surface area contributed by atoms with E-state index in [1.54, 1.807) is 31.6 Å². The Labute approximate surface area is 218 Å². The SMILES string of the molecule is COc1ccc(C2CC(=O)C3=C(C2)NC(C)=C(C(=O)Nc2cccnc2)C3c2ccc(Br)cc2)cc1. The number of benzene rings is 2. The van der Waals surface area contributed by atoms with Crippen LogP contribution in [0.2, 0.25) is 0 Å². The molecule has 2 aromatic carbocycles. The van der Waals surface area contributed by atoms with Crippen LogP contribution >= 0.6 is 15.9 Å². The van der Waals surface area contributed by atoms with Crippen LogP contribution in [-0.4, -0.2) is 23.8 Å². The van der Waals surface area contributed by atoms with Gasteiger partial charge in [-0.05, 0) is 66.8 Å². The van der Waals surface area contributed by atoms with E-state index in [2.05, 4.69) is 31.5 Å². The van der Waals surface area contributed by atoms with Crippen molar-refractivity contribution in [3.05, 3.63) is 111 Å². The van der Waals surface area contributed by atoms with E-state index in [0.717, 1.165) is 32.7 Å². The van der Waals surface area contributed by atoms with Crippen molar-refractivity contribution >= 4 is 33.3 Å². The molecule has 7 heteroatoms. The Morgan fingerprint density at radius 2 is 1.78 bits per heavy atom. The number of methoxy groups -OCH3 is 1. The van der Waals surface area contributed by atoms with E-state index in [9.17, 15) is 9.59 Å². The number of Topliss-reactive ketones (excluding diaryl/α,β-unsaturated/α-hetero) is 1. The van der Waals surface area contributed by atoms with Gasteiger partial charge in [-0.25, -0.2) is 0 Å². The summed E-state index contributed by atoms with van der Waals surface area (Å²) in [6, 6.07) is 19.3. The molecule has 0 radical (unpaired) electrons. The minimum Gasteiger partial charge on any atom is -0.497 e. The first kappa shape index (κ1) is 24.0. The lowest BCUT2D eigenvalue weighted by molar-refractivity contribution is -0.116. The van der Waals surface area contributed by atoms with E-state index in [1.165, 1.54) is 0 Å². The third kappa shape index (κ3) is 4.71. The fourth-order valence-electron chi connectivity index (χ4n) is 5.08. The summed E-state index contributed by atoms with van der Waals surface area (Å²) in [7, 11) is 1.64. The largest absolute Gasteiger partial charge is 0.497 e. The zero-order chi connectivity index (χ0) is 25.2. The molecular weight excluding hydrogens is 518 g/mol. The van der Waals surface area contributed by atoms with Crippen LogP contribution in [0, 0.1) is 0 Å². The monoisotopic (exact) mass is 543 g/mol. The van der Waals surface area contributed by atoms with Gasteiger partial charge in [0.25, 0.3) is 5.91 Å². The first-order chi connectivity index (χ1) is 17.4. The minimum absolute atomic E-state index is 0.0525. The van der Waals surface area contributed by atoms with Gasteiger partial charge in [-0.2, -0.15) is 0 Å². The van der Waals surface area contributed by atoms with Gasteiger partial charge in [-0.15, -0.1) is 0 Å².